The summed E-state index contributed by atoms with van der Waals surface area (Å²) < 4.78 is 33.0. The zero-order valence-corrected chi connectivity index (χ0v) is 15.1. The number of rotatable bonds is 9. The van der Waals surface area contributed by atoms with E-state index in [1.165, 1.54) is 6.92 Å². The van der Waals surface area contributed by atoms with Crippen LogP contribution in [0.3, 0.4) is 0 Å². The van der Waals surface area contributed by atoms with Crippen LogP contribution >= 0.6 is 11.6 Å². The van der Waals surface area contributed by atoms with Gasteiger partial charge in [-0.25, -0.2) is 0 Å². The number of halogens is 1. The van der Waals surface area contributed by atoms with Crippen molar-refractivity contribution in [2.75, 3.05) is 26.0 Å². The maximum absolute atomic E-state index is 12.1. The van der Waals surface area contributed by atoms with E-state index >= 15 is 0 Å². The fourth-order valence-electron chi connectivity index (χ4n) is 1.84. The quantitative estimate of drug-likeness (QED) is 0.495. The van der Waals surface area contributed by atoms with Crippen molar-refractivity contribution in [3.8, 4) is 5.75 Å². The number of alkyl halides is 1. The Bertz CT molecular complexity index is 618. The lowest BCUT2D eigenvalue weighted by Gasteiger charge is -2.24. The van der Waals surface area contributed by atoms with Crippen LogP contribution in [-0.4, -0.2) is 50.6 Å². The fraction of sp³-hybridized carbons (Fsp3) is 0.533. The van der Waals surface area contributed by atoms with Crippen molar-refractivity contribution in [3.63, 3.8) is 0 Å². The number of ether oxygens (including phenoxy) is 1. The van der Waals surface area contributed by atoms with Gasteiger partial charge in [-0.1, -0.05) is 12.1 Å². The van der Waals surface area contributed by atoms with Gasteiger partial charge >= 0.3 is 10.1 Å². The van der Waals surface area contributed by atoms with Crippen LogP contribution in [0.4, 0.5) is 0 Å². The number of hydrogen-bond acceptors (Lipinski definition) is 5. The highest BCUT2D eigenvalue weighted by molar-refractivity contribution is 7.87. The van der Waals surface area contributed by atoms with Gasteiger partial charge in [0.1, 0.15) is 11.1 Å². The third-order valence-electron chi connectivity index (χ3n) is 3.07. The van der Waals surface area contributed by atoms with E-state index in [4.69, 9.17) is 20.5 Å². The second kappa shape index (κ2) is 9.10. The molecule has 1 rings (SSSR count). The Hall–Kier alpha value is -1.31. The average molecular weight is 364 g/mol. The number of hydrogen-bond donors (Lipinski definition) is 0. The Balaban J connectivity index is 2.89. The van der Waals surface area contributed by atoms with E-state index in [1.807, 2.05) is 0 Å². The highest BCUT2D eigenvalue weighted by Crippen LogP contribution is 2.18. The first-order valence-electron chi connectivity index (χ1n) is 7.22. The minimum atomic E-state index is -3.58. The van der Waals surface area contributed by atoms with Gasteiger partial charge in [0.2, 0.25) is 5.91 Å². The molecule has 6 nitrogen and oxygen atoms in total. The zero-order valence-electron chi connectivity index (χ0n) is 13.5. The zero-order chi connectivity index (χ0) is 17.5. The highest BCUT2D eigenvalue weighted by atomic mass is 35.5. The van der Waals surface area contributed by atoms with Crippen LogP contribution in [0.5, 0.6) is 5.75 Å². The lowest BCUT2D eigenvalue weighted by Crippen LogP contribution is -2.37. The van der Waals surface area contributed by atoms with Crippen molar-refractivity contribution < 1.29 is 22.1 Å². The maximum Gasteiger partial charge on any atom is 0.308 e. The summed E-state index contributed by atoms with van der Waals surface area (Å²) in [5.41, 5.74) is 0.746. The average Bonchev–Trinajstić information content (AvgIpc) is 2.50. The van der Waals surface area contributed by atoms with Crippen molar-refractivity contribution in [3.05, 3.63) is 29.8 Å². The van der Waals surface area contributed by atoms with Crippen molar-refractivity contribution in [2.45, 2.75) is 25.8 Å². The number of amides is 1. The third-order valence-corrected chi connectivity index (χ3v) is 4.41. The molecule has 8 heteroatoms. The molecular weight excluding hydrogens is 342 g/mol. The van der Waals surface area contributed by atoms with Crippen molar-refractivity contribution >= 4 is 27.6 Å². The minimum absolute atomic E-state index is 0.112. The summed E-state index contributed by atoms with van der Waals surface area (Å²) in [6.45, 7) is 4.19. The van der Waals surface area contributed by atoms with Crippen LogP contribution in [0.15, 0.2) is 24.3 Å². The summed E-state index contributed by atoms with van der Waals surface area (Å²) in [4.78, 5) is 13.7. The Morgan fingerprint density at radius 3 is 2.65 bits per heavy atom. The van der Waals surface area contributed by atoms with Crippen LogP contribution in [0, 0.1) is 0 Å². The molecule has 0 aliphatic rings. The summed E-state index contributed by atoms with van der Waals surface area (Å²) in [5.74, 6) is -0.0990. The van der Waals surface area contributed by atoms with Gasteiger partial charge in [0.25, 0.3) is 0 Å². The van der Waals surface area contributed by atoms with Gasteiger partial charge in [0.05, 0.1) is 12.4 Å². The highest BCUT2D eigenvalue weighted by Gasteiger charge is 2.19. The predicted octanol–water partition coefficient (Wildman–Crippen LogP) is 2.02. The van der Waals surface area contributed by atoms with Gasteiger partial charge in [-0.2, -0.15) is 8.42 Å². The molecule has 23 heavy (non-hydrogen) atoms. The van der Waals surface area contributed by atoms with Gasteiger partial charge in [-0.15, -0.1) is 11.6 Å². The molecule has 1 aromatic carbocycles. The molecule has 0 fully saturated rings. The molecule has 0 radical (unpaired) electrons. The molecule has 1 unspecified atom stereocenters. The van der Waals surface area contributed by atoms with E-state index < -0.39 is 15.5 Å². The molecule has 1 amide bonds. The van der Waals surface area contributed by atoms with E-state index in [1.54, 1.807) is 43.2 Å². The molecule has 0 aliphatic carbocycles. The van der Waals surface area contributed by atoms with Crippen molar-refractivity contribution in [1.82, 2.24) is 4.90 Å². The topological polar surface area (TPSA) is 72.9 Å². The van der Waals surface area contributed by atoms with Crippen LogP contribution in [0.1, 0.15) is 19.4 Å². The largest absolute Gasteiger partial charge is 0.383 e. The summed E-state index contributed by atoms with van der Waals surface area (Å²) in [5, 5.41) is -0.647. The number of carbonyl (C=O) groups excluding carboxylic acids is 1. The summed E-state index contributed by atoms with van der Waals surface area (Å²) >= 11 is 5.87. The lowest BCUT2D eigenvalue weighted by atomic mass is 10.2. The smallest absolute Gasteiger partial charge is 0.308 e. The number of methoxy groups -OCH3 is 1. The Kier molecular flexibility index (Phi) is 7.81. The Morgan fingerprint density at radius 2 is 2.09 bits per heavy atom. The Morgan fingerprint density at radius 1 is 1.39 bits per heavy atom. The third kappa shape index (κ3) is 6.76. The molecule has 0 bridgehead atoms. The van der Waals surface area contributed by atoms with Gasteiger partial charge in [-0.3, -0.25) is 4.79 Å². The maximum atomic E-state index is 12.1. The van der Waals surface area contributed by atoms with E-state index in [0.717, 1.165) is 5.56 Å². The van der Waals surface area contributed by atoms with Gasteiger partial charge in [0, 0.05) is 20.2 Å². The molecule has 0 spiro atoms. The van der Waals surface area contributed by atoms with Gasteiger partial charge in [-0.05, 0) is 31.5 Å². The summed E-state index contributed by atoms with van der Waals surface area (Å²) in [6.07, 6.45) is 0. The number of benzene rings is 1. The van der Waals surface area contributed by atoms with Crippen LogP contribution in [0.2, 0.25) is 0 Å². The molecule has 0 heterocycles. The molecule has 0 N–H and O–H groups in total. The predicted molar refractivity (Wildman–Crippen MR) is 89.1 cm³/mol. The van der Waals surface area contributed by atoms with Crippen molar-refractivity contribution in [2.24, 2.45) is 0 Å². The van der Waals surface area contributed by atoms with E-state index in [-0.39, 0.29) is 17.4 Å². The molecule has 0 aromatic heterocycles. The summed E-state index contributed by atoms with van der Waals surface area (Å²) in [6, 6.07) is 6.62. The van der Waals surface area contributed by atoms with Gasteiger partial charge in [0.15, 0.2) is 0 Å². The van der Waals surface area contributed by atoms with E-state index in [0.29, 0.717) is 19.7 Å². The second-order valence-electron chi connectivity index (χ2n) is 4.95. The first-order valence-corrected chi connectivity index (χ1v) is 9.23. The van der Waals surface area contributed by atoms with Crippen LogP contribution < -0.4 is 4.18 Å². The van der Waals surface area contributed by atoms with Gasteiger partial charge < -0.3 is 13.8 Å². The number of carbonyl (C=O) groups is 1. The monoisotopic (exact) mass is 363 g/mol. The molecule has 130 valence electrons. The first-order chi connectivity index (χ1) is 10.8. The SMILES string of the molecule is CCS(=O)(=O)Oc1cccc(CN(CCOC)C(=O)C(C)Cl)c1. The molecule has 0 saturated heterocycles. The summed E-state index contributed by atoms with van der Waals surface area (Å²) in [7, 11) is -2.03. The molecule has 0 saturated carbocycles. The first kappa shape index (κ1) is 19.7. The van der Waals surface area contributed by atoms with Crippen LogP contribution in [-0.2, 0) is 26.2 Å². The van der Waals surface area contributed by atoms with Crippen molar-refractivity contribution in [1.29, 1.82) is 0 Å². The standard InChI is InChI=1S/C15H22ClNO5S/c1-4-23(19,20)22-14-7-5-6-13(10-14)11-17(8-9-21-3)15(18)12(2)16/h5-7,10,12H,4,8-9,11H2,1-3H3. The molecule has 1 aromatic rings. The van der Waals surface area contributed by atoms with Crippen LogP contribution in [0.25, 0.3) is 0 Å². The second-order valence-corrected chi connectivity index (χ2v) is 7.46. The molecular formula is C15H22ClNO5S. The van der Waals surface area contributed by atoms with E-state index in [2.05, 4.69) is 0 Å². The normalized spacial score (nSPS) is 12.7. The lowest BCUT2D eigenvalue weighted by molar-refractivity contribution is -0.131. The molecule has 0 aliphatic heterocycles. The molecule has 1 atom stereocenters. The fourth-order valence-corrected chi connectivity index (χ4v) is 2.49. The Labute approximate surface area is 142 Å². The number of nitrogens with zero attached hydrogens (tertiary/aromatic N) is 1. The van der Waals surface area contributed by atoms with E-state index in [9.17, 15) is 13.2 Å². The minimum Gasteiger partial charge on any atom is -0.383 e.